The number of piperidine rings is 1. The monoisotopic (exact) mass is 277 g/mol. The molecule has 1 aromatic heterocycles. The number of anilines is 1. The van der Waals surface area contributed by atoms with Gasteiger partial charge in [-0.2, -0.15) is 0 Å². The lowest BCUT2D eigenvalue weighted by Crippen LogP contribution is -2.50. The molecule has 112 valence electrons. The van der Waals surface area contributed by atoms with Crippen molar-refractivity contribution in [3.63, 3.8) is 0 Å². The number of aromatic nitrogens is 1. The van der Waals surface area contributed by atoms with E-state index in [1.54, 1.807) is 13.3 Å². The molecule has 4 nitrogen and oxygen atoms in total. The first-order valence-corrected chi connectivity index (χ1v) is 7.51. The maximum atomic E-state index is 5.18. The molecule has 0 spiro atoms. The van der Waals surface area contributed by atoms with Gasteiger partial charge in [0.25, 0.3) is 0 Å². The lowest BCUT2D eigenvalue weighted by molar-refractivity contribution is 0.365. The molecule has 1 atom stereocenters. The van der Waals surface area contributed by atoms with E-state index in [9.17, 15) is 0 Å². The molecule has 4 heteroatoms. The van der Waals surface area contributed by atoms with Crippen molar-refractivity contribution in [3.05, 3.63) is 18.3 Å². The molecule has 1 N–H and O–H groups in total. The van der Waals surface area contributed by atoms with Gasteiger partial charge in [0.1, 0.15) is 11.6 Å². The van der Waals surface area contributed by atoms with Crippen LogP contribution < -0.4 is 15.0 Å². The predicted octanol–water partition coefficient (Wildman–Crippen LogP) is 2.84. The zero-order valence-electron chi connectivity index (χ0n) is 13.1. The second-order valence-electron chi connectivity index (χ2n) is 6.53. The molecule has 1 aromatic rings. The van der Waals surface area contributed by atoms with Crippen LogP contribution in [0.1, 0.15) is 40.0 Å². The van der Waals surface area contributed by atoms with Gasteiger partial charge in [-0.05, 0) is 52.2 Å². The summed E-state index contributed by atoms with van der Waals surface area (Å²) in [6.45, 7) is 8.75. The molecule has 1 fully saturated rings. The summed E-state index contributed by atoms with van der Waals surface area (Å²) in [5, 5.41) is 3.62. The molecule has 20 heavy (non-hydrogen) atoms. The highest BCUT2D eigenvalue weighted by molar-refractivity contribution is 5.42. The van der Waals surface area contributed by atoms with E-state index in [1.807, 2.05) is 6.07 Å². The van der Waals surface area contributed by atoms with Crippen LogP contribution in [0.25, 0.3) is 0 Å². The first-order chi connectivity index (χ1) is 9.49. The Hall–Kier alpha value is -1.29. The number of nitrogens with zero attached hydrogens (tertiary/aromatic N) is 2. The van der Waals surface area contributed by atoms with Gasteiger partial charge in [-0.15, -0.1) is 0 Å². The molecule has 0 saturated carbocycles. The maximum Gasteiger partial charge on any atom is 0.137 e. The largest absolute Gasteiger partial charge is 0.495 e. The van der Waals surface area contributed by atoms with Crippen molar-refractivity contribution < 1.29 is 4.74 Å². The van der Waals surface area contributed by atoms with Gasteiger partial charge < -0.3 is 15.0 Å². The maximum absolute atomic E-state index is 5.18. The Morgan fingerprint density at radius 3 is 2.75 bits per heavy atom. The van der Waals surface area contributed by atoms with E-state index in [2.05, 4.69) is 42.0 Å². The smallest absolute Gasteiger partial charge is 0.137 e. The Morgan fingerprint density at radius 1 is 1.35 bits per heavy atom. The molecular weight excluding hydrogens is 250 g/mol. The van der Waals surface area contributed by atoms with Crippen LogP contribution in [0, 0.1) is 0 Å². The molecule has 2 heterocycles. The standard InChI is InChI=1S/C16H27N3O/c1-16(2,3)18-11-13-7-5-6-10-19(13)15-9-8-14(20-4)12-17-15/h8-9,12-13,18H,5-7,10-11H2,1-4H3. The molecule has 2 rings (SSSR count). The van der Waals surface area contributed by atoms with Crippen LogP contribution in [-0.2, 0) is 0 Å². The van der Waals surface area contributed by atoms with Gasteiger partial charge >= 0.3 is 0 Å². The molecule has 0 aromatic carbocycles. The minimum Gasteiger partial charge on any atom is -0.495 e. The first kappa shape index (κ1) is 15.1. The van der Waals surface area contributed by atoms with E-state index in [0.717, 1.165) is 24.7 Å². The van der Waals surface area contributed by atoms with E-state index >= 15 is 0 Å². The summed E-state index contributed by atoms with van der Waals surface area (Å²) in [4.78, 5) is 6.97. The van der Waals surface area contributed by atoms with Gasteiger partial charge in [0.15, 0.2) is 0 Å². The number of hydrogen-bond donors (Lipinski definition) is 1. The van der Waals surface area contributed by atoms with Crippen LogP contribution in [0.4, 0.5) is 5.82 Å². The van der Waals surface area contributed by atoms with Crippen LogP contribution in [0.15, 0.2) is 18.3 Å². The summed E-state index contributed by atoms with van der Waals surface area (Å²) in [6.07, 6.45) is 5.60. The summed E-state index contributed by atoms with van der Waals surface area (Å²) in [5.74, 6) is 1.88. The van der Waals surface area contributed by atoms with Gasteiger partial charge in [0.2, 0.25) is 0 Å². The number of pyridine rings is 1. The number of methoxy groups -OCH3 is 1. The van der Waals surface area contributed by atoms with E-state index in [4.69, 9.17) is 4.74 Å². The third kappa shape index (κ3) is 4.10. The minimum atomic E-state index is 0.163. The molecule has 0 radical (unpaired) electrons. The Morgan fingerprint density at radius 2 is 2.15 bits per heavy atom. The third-order valence-electron chi connectivity index (χ3n) is 3.75. The van der Waals surface area contributed by atoms with Crippen molar-refractivity contribution in [1.29, 1.82) is 0 Å². The van der Waals surface area contributed by atoms with Gasteiger partial charge in [-0.25, -0.2) is 4.98 Å². The quantitative estimate of drug-likeness (QED) is 0.918. The van der Waals surface area contributed by atoms with Crippen molar-refractivity contribution in [3.8, 4) is 5.75 Å². The van der Waals surface area contributed by atoms with Gasteiger partial charge in [0.05, 0.1) is 13.3 Å². The van der Waals surface area contributed by atoms with Crippen molar-refractivity contribution in [2.24, 2.45) is 0 Å². The van der Waals surface area contributed by atoms with Crippen LogP contribution in [0.2, 0.25) is 0 Å². The van der Waals surface area contributed by atoms with E-state index < -0.39 is 0 Å². The molecule has 1 aliphatic rings. The van der Waals surface area contributed by atoms with Crippen LogP contribution in [0.3, 0.4) is 0 Å². The van der Waals surface area contributed by atoms with Crippen LogP contribution in [-0.4, -0.2) is 36.8 Å². The Labute approximate surface area is 122 Å². The van der Waals surface area contributed by atoms with Crippen LogP contribution in [0.5, 0.6) is 5.75 Å². The van der Waals surface area contributed by atoms with Crippen molar-refractivity contribution in [2.75, 3.05) is 25.1 Å². The Bertz CT molecular complexity index is 411. The van der Waals surface area contributed by atoms with Gasteiger partial charge in [-0.1, -0.05) is 0 Å². The number of rotatable bonds is 4. The predicted molar refractivity (Wildman–Crippen MR) is 83.5 cm³/mol. The SMILES string of the molecule is COc1ccc(N2CCCCC2CNC(C)(C)C)nc1. The van der Waals surface area contributed by atoms with E-state index in [0.29, 0.717) is 6.04 Å². The van der Waals surface area contributed by atoms with Crippen molar-refractivity contribution in [2.45, 2.75) is 51.6 Å². The summed E-state index contributed by atoms with van der Waals surface area (Å²) in [7, 11) is 1.67. The Balaban J connectivity index is 2.05. The lowest BCUT2D eigenvalue weighted by Gasteiger charge is -2.38. The second kappa shape index (κ2) is 6.44. The van der Waals surface area contributed by atoms with Gasteiger partial charge in [0, 0.05) is 24.7 Å². The first-order valence-electron chi connectivity index (χ1n) is 7.51. The average molecular weight is 277 g/mol. The fraction of sp³-hybridized carbons (Fsp3) is 0.688. The zero-order valence-corrected chi connectivity index (χ0v) is 13.1. The second-order valence-corrected chi connectivity index (χ2v) is 6.53. The summed E-state index contributed by atoms with van der Waals surface area (Å²) in [6, 6.07) is 4.59. The lowest BCUT2D eigenvalue weighted by atomic mass is 10.0. The molecule has 0 aliphatic carbocycles. The van der Waals surface area contributed by atoms with E-state index in [-0.39, 0.29) is 5.54 Å². The van der Waals surface area contributed by atoms with Crippen LogP contribution >= 0.6 is 0 Å². The summed E-state index contributed by atoms with van der Waals surface area (Å²) >= 11 is 0. The summed E-state index contributed by atoms with van der Waals surface area (Å²) < 4.78 is 5.18. The molecule has 0 amide bonds. The highest BCUT2D eigenvalue weighted by Gasteiger charge is 2.24. The van der Waals surface area contributed by atoms with E-state index in [1.165, 1.54) is 19.3 Å². The number of hydrogen-bond acceptors (Lipinski definition) is 4. The fourth-order valence-corrected chi connectivity index (χ4v) is 2.60. The molecular formula is C16H27N3O. The number of nitrogens with one attached hydrogen (secondary N) is 1. The fourth-order valence-electron chi connectivity index (χ4n) is 2.60. The average Bonchev–Trinajstić information content (AvgIpc) is 2.45. The number of ether oxygens (including phenoxy) is 1. The van der Waals surface area contributed by atoms with Crippen molar-refractivity contribution >= 4 is 5.82 Å². The normalized spacial score (nSPS) is 20.0. The highest BCUT2D eigenvalue weighted by atomic mass is 16.5. The summed E-state index contributed by atoms with van der Waals surface area (Å²) in [5.41, 5.74) is 0.163. The topological polar surface area (TPSA) is 37.4 Å². The third-order valence-corrected chi connectivity index (χ3v) is 3.75. The molecule has 1 aliphatic heterocycles. The minimum absolute atomic E-state index is 0.163. The van der Waals surface area contributed by atoms with Crippen molar-refractivity contribution in [1.82, 2.24) is 10.3 Å². The highest BCUT2D eigenvalue weighted by Crippen LogP contribution is 2.24. The molecule has 1 unspecified atom stereocenters. The Kier molecular flexibility index (Phi) is 4.86. The van der Waals surface area contributed by atoms with Gasteiger partial charge in [-0.3, -0.25) is 0 Å². The zero-order chi connectivity index (χ0) is 14.6. The molecule has 0 bridgehead atoms. The molecule has 1 saturated heterocycles.